The number of hydrogen-bond acceptors (Lipinski definition) is 2. The van der Waals surface area contributed by atoms with Gasteiger partial charge in [-0.2, -0.15) is 0 Å². The SMILES string of the molecule is CCCC(O)C(C)(CC)CO. The fourth-order valence-electron chi connectivity index (χ4n) is 1.07. The van der Waals surface area contributed by atoms with Gasteiger partial charge in [0.25, 0.3) is 0 Å². The minimum absolute atomic E-state index is 0.0741. The van der Waals surface area contributed by atoms with Gasteiger partial charge < -0.3 is 10.2 Å². The Hall–Kier alpha value is -0.0800. The minimum Gasteiger partial charge on any atom is -0.396 e. The van der Waals surface area contributed by atoms with Crippen molar-refractivity contribution in [3.05, 3.63) is 0 Å². The lowest BCUT2D eigenvalue weighted by molar-refractivity contribution is -0.0126. The van der Waals surface area contributed by atoms with Gasteiger partial charge in [0.2, 0.25) is 0 Å². The smallest absolute Gasteiger partial charge is 0.0615 e. The molecule has 0 saturated carbocycles. The third-order valence-corrected chi connectivity index (χ3v) is 2.54. The first-order chi connectivity index (χ1) is 5.10. The molecule has 68 valence electrons. The molecule has 0 spiro atoms. The Labute approximate surface area is 69.2 Å². The topological polar surface area (TPSA) is 40.5 Å². The second-order valence-corrected chi connectivity index (χ2v) is 3.47. The van der Waals surface area contributed by atoms with Crippen molar-refractivity contribution in [2.24, 2.45) is 5.41 Å². The van der Waals surface area contributed by atoms with Crippen LogP contribution in [0.15, 0.2) is 0 Å². The fourth-order valence-corrected chi connectivity index (χ4v) is 1.07. The van der Waals surface area contributed by atoms with Gasteiger partial charge in [-0.25, -0.2) is 0 Å². The van der Waals surface area contributed by atoms with Crippen LogP contribution in [-0.4, -0.2) is 22.9 Å². The van der Waals surface area contributed by atoms with Gasteiger partial charge in [0.05, 0.1) is 12.7 Å². The first kappa shape index (κ1) is 10.9. The van der Waals surface area contributed by atoms with E-state index in [0.29, 0.717) is 0 Å². The van der Waals surface area contributed by atoms with Crippen LogP contribution in [-0.2, 0) is 0 Å². The quantitative estimate of drug-likeness (QED) is 0.640. The van der Waals surface area contributed by atoms with Crippen molar-refractivity contribution in [2.45, 2.75) is 46.1 Å². The zero-order chi connectivity index (χ0) is 8.91. The molecule has 2 nitrogen and oxygen atoms in total. The molecule has 0 aliphatic rings. The predicted octanol–water partition coefficient (Wildman–Crippen LogP) is 1.56. The van der Waals surface area contributed by atoms with E-state index in [1.807, 2.05) is 20.8 Å². The normalized spacial score (nSPS) is 19.4. The first-order valence-electron chi connectivity index (χ1n) is 4.39. The average molecular weight is 160 g/mol. The van der Waals surface area contributed by atoms with Crippen molar-refractivity contribution < 1.29 is 10.2 Å². The van der Waals surface area contributed by atoms with Gasteiger partial charge in [0, 0.05) is 5.41 Å². The minimum atomic E-state index is -0.359. The van der Waals surface area contributed by atoms with E-state index >= 15 is 0 Å². The molecule has 2 unspecified atom stereocenters. The van der Waals surface area contributed by atoms with Crippen LogP contribution in [0.4, 0.5) is 0 Å². The van der Waals surface area contributed by atoms with Crippen LogP contribution in [0.25, 0.3) is 0 Å². The molecule has 2 N–H and O–H groups in total. The van der Waals surface area contributed by atoms with E-state index in [1.165, 1.54) is 0 Å². The summed E-state index contributed by atoms with van der Waals surface area (Å²) in [6.45, 7) is 6.03. The summed E-state index contributed by atoms with van der Waals surface area (Å²) in [5, 5.41) is 18.6. The van der Waals surface area contributed by atoms with Crippen molar-refractivity contribution in [3.63, 3.8) is 0 Å². The molecule has 0 aromatic carbocycles. The van der Waals surface area contributed by atoms with E-state index in [0.717, 1.165) is 19.3 Å². The molecule has 0 aliphatic carbocycles. The molecule has 2 atom stereocenters. The predicted molar refractivity (Wildman–Crippen MR) is 46.4 cm³/mol. The van der Waals surface area contributed by atoms with Gasteiger partial charge in [-0.15, -0.1) is 0 Å². The zero-order valence-electron chi connectivity index (χ0n) is 7.80. The maximum atomic E-state index is 9.61. The molecule has 0 amide bonds. The number of rotatable bonds is 5. The fraction of sp³-hybridized carbons (Fsp3) is 1.00. The summed E-state index contributed by atoms with van der Waals surface area (Å²) in [5.74, 6) is 0. The Balaban J connectivity index is 4.00. The summed E-state index contributed by atoms with van der Waals surface area (Å²) in [4.78, 5) is 0. The van der Waals surface area contributed by atoms with E-state index in [1.54, 1.807) is 0 Å². The van der Waals surface area contributed by atoms with E-state index in [9.17, 15) is 5.11 Å². The van der Waals surface area contributed by atoms with Crippen LogP contribution in [0.2, 0.25) is 0 Å². The summed E-state index contributed by atoms with van der Waals surface area (Å²) in [5.41, 5.74) is -0.296. The highest BCUT2D eigenvalue weighted by atomic mass is 16.3. The summed E-state index contributed by atoms with van der Waals surface area (Å²) < 4.78 is 0. The van der Waals surface area contributed by atoms with Gasteiger partial charge in [-0.05, 0) is 12.8 Å². The molecule has 0 bridgehead atoms. The highest BCUT2D eigenvalue weighted by molar-refractivity contribution is 4.79. The van der Waals surface area contributed by atoms with Gasteiger partial charge in [-0.3, -0.25) is 0 Å². The molecule has 0 aromatic rings. The highest BCUT2D eigenvalue weighted by Gasteiger charge is 2.29. The molecular weight excluding hydrogens is 140 g/mol. The van der Waals surface area contributed by atoms with Crippen molar-refractivity contribution in [2.75, 3.05) is 6.61 Å². The maximum absolute atomic E-state index is 9.61. The zero-order valence-corrected chi connectivity index (χ0v) is 7.80. The molecule has 2 heteroatoms. The van der Waals surface area contributed by atoms with E-state index < -0.39 is 0 Å². The third kappa shape index (κ3) is 2.80. The molecule has 11 heavy (non-hydrogen) atoms. The Morgan fingerprint density at radius 2 is 1.91 bits per heavy atom. The van der Waals surface area contributed by atoms with Gasteiger partial charge in [0.15, 0.2) is 0 Å². The molecule has 0 heterocycles. The molecule has 0 rings (SSSR count). The monoisotopic (exact) mass is 160 g/mol. The number of aliphatic hydroxyl groups excluding tert-OH is 2. The van der Waals surface area contributed by atoms with Crippen LogP contribution >= 0.6 is 0 Å². The van der Waals surface area contributed by atoms with Crippen LogP contribution in [0.5, 0.6) is 0 Å². The summed E-state index contributed by atoms with van der Waals surface area (Å²) in [6, 6.07) is 0. The summed E-state index contributed by atoms with van der Waals surface area (Å²) in [6.07, 6.45) is 2.22. The number of hydrogen-bond donors (Lipinski definition) is 2. The molecular formula is C9H20O2. The van der Waals surface area contributed by atoms with Crippen molar-refractivity contribution in [3.8, 4) is 0 Å². The van der Waals surface area contributed by atoms with Crippen molar-refractivity contribution in [1.82, 2.24) is 0 Å². The van der Waals surface area contributed by atoms with Crippen LogP contribution in [0.1, 0.15) is 40.0 Å². The molecule has 0 fully saturated rings. The van der Waals surface area contributed by atoms with Crippen molar-refractivity contribution in [1.29, 1.82) is 0 Å². The Kier molecular flexibility index (Phi) is 4.69. The van der Waals surface area contributed by atoms with Crippen LogP contribution < -0.4 is 0 Å². The second kappa shape index (κ2) is 4.73. The van der Waals surface area contributed by atoms with Gasteiger partial charge in [-0.1, -0.05) is 27.2 Å². The lowest BCUT2D eigenvalue weighted by Gasteiger charge is -2.31. The molecule has 0 saturated heterocycles. The van der Waals surface area contributed by atoms with E-state index in [-0.39, 0.29) is 18.1 Å². The maximum Gasteiger partial charge on any atom is 0.0615 e. The average Bonchev–Trinajstić information content (AvgIpc) is 2.03. The van der Waals surface area contributed by atoms with Crippen LogP contribution in [0, 0.1) is 5.41 Å². The Morgan fingerprint density at radius 3 is 2.18 bits per heavy atom. The second-order valence-electron chi connectivity index (χ2n) is 3.47. The molecule has 0 radical (unpaired) electrons. The molecule has 0 aromatic heterocycles. The first-order valence-corrected chi connectivity index (χ1v) is 4.39. The van der Waals surface area contributed by atoms with Crippen molar-refractivity contribution >= 4 is 0 Å². The van der Waals surface area contributed by atoms with Gasteiger partial charge >= 0.3 is 0 Å². The Morgan fingerprint density at radius 1 is 1.36 bits per heavy atom. The molecule has 0 aliphatic heterocycles. The van der Waals surface area contributed by atoms with E-state index in [2.05, 4.69) is 0 Å². The highest BCUT2D eigenvalue weighted by Crippen LogP contribution is 2.27. The van der Waals surface area contributed by atoms with E-state index in [4.69, 9.17) is 5.11 Å². The lowest BCUT2D eigenvalue weighted by atomic mass is 9.80. The van der Waals surface area contributed by atoms with Gasteiger partial charge in [0.1, 0.15) is 0 Å². The number of aliphatic hydroxyl groups is 2. The summed E-state index contributed by atoms with van der Waals surface area (Å²) >= 11 is 0. The lowest BCUT2D eigenvalue weighted by Crippen LogP contribution is -2.35. The largest absolute Gasteiger partial charge is 0.396 e. The standard InChI is InChI=1S/C9H20O2/c1-4-6-8(11)9(3,5-2)7-10/h8,10-11H,4-7H2,1-3H3. The van der Waals surface area contributed by atoms with Crippen LogP contribution in [0.3, 0.4) is 0 Å². The summed E-state index contributed by atoms with van der Waals surface area (Å²) in [7, 11) is 0. The third-order valence-electron chi connectivity index (χ3n) is 2.54. The Bertz CT molecular complexity index is 97.7.